The number of amides is 1. The number of hydrogen-bond donors (Lipinski definition) is 6. The number of fused-ring (bicyclic) bond motifs is 3. The minimum Gasteiger partial charge on any atom is -0.508 e. The molecule has 0 spiro atoms. The summed E-state index contributed by atoms with van der Waals surface area (Å²) in [5, 5.41) is 54.7. The Balaban J connectivity index is 1.58. The molecule has 4 atom stereocenters. The molecule has 0 aromatic heterocycles. The molecule has 5 rings (SSSR count). The standard InChI is InChI=1S/C28H34ClN3O8/c1-31(2)22-16-8-13-7-15-19(17(34)9-14(21(15)29)10-32-5-3-12(11-33)4-6-32)23(35)18(13)25(37)28(16,40)26(38)20(24(22)36)27(30)39/h9,12-13,16,22,33-35,38,40H,3-8,10-11H2,1-2H3,(H2,30,39)/t13-,16-,22-,28-/m0/s1. The molecule has 3 aliphatic carbocycles. The molecule has 1 aromatic carbocycles. The molecule has 1 aliphatic heterocycles. The molecule has 1 saturated heterocycles. The van der Waals surface area contributed by atoms with Gasteiger partial charge in [0.25, 0.3) is 5.91 Å². The van der Waals surface area contributed by atoms with Crippen LogP contribution in [0.5, 0.6) is 5.75 Å². The Morgan fingerprint density at radius 3 is 2.42 bits per heavy atom. The number of aliphatic hydroxyl groups is 4. The fourth-order valence-electron chi connectivity index (χ4n) is 7.03. The topological polar surface area (TPSA) is 185 Å². The molecule has 4 aliphatic rings. The van der Waals surface area contributed by atoms with E-state index >= 15 is 0 Å². The van der Waals surface area contributed by atoms with Crippen molar-refractivity contribution in [3.63, 3.8) is 0 Å². The lowest BCUT2D eigenvalue weighted by atomic mass is 9.57. The largest absolute Gasteiger partial charge is 0.508 e. The normalized spacial score (nSPS) is 29.5. The van der Waals surface area contributed by atoms with Gasteiger partial charge in [-0.3, -0.25) is 24.2 Å². The third kappa shape index (κ3) is 4.14. The number of ketones is 2. The molecule has 40 heavy (non-hydrogen) atoms. The van der Waals surface area contributed by atoms with E-state index in [1.807, 2.05) is 0 Å². The molecular formula is C28H34ClN3O8. The van der Waals surface area contributed by atoms with Crippen molar-refractivity contribution in [3.8, 4) is 5.75 Å². The number of phenols is 1. The highest BCUT2D eigenvalue weighted by Gasteiger charge is 2.64. The van der Waals surface area contributed by atoms with Crippen LogP contribution in [0, 0.1) is 17.8 Å². The first kappa shape index (κ1) is 28.6. The number of piperidine rings is 1. The van der Waals surface area contributed by atoms with Crippen molar-refractivity contribution in [2.75, 3.05) is 33.8 Å². The average Bonchev–Trinajstić information content (AvgIpc) is 2.89. The van der Waals surface area contributed by atoms with E-state index < -0.39 is 58.0 Å². The van der Waals surface area contributed by atoms with E-state index in [4.69, 9.17) is 17.3 Å². The number of halogens is 1. The number of benzene rings is 1. The van der Waals surface area contributed by atoms with Crippen molar-refractivity contribution >= 4 is 34.8 Å². The molecule has 0 unspecified atom stereocenters. The van der Waals surface area contributed by atoms with Crippen LogP contribution in [-0.2, 0) is 27.3 Å². The highest BCUT2D eigenvalue weighted by Crippen LogP contribution is 2.53. The first-order valence-corrected chi connectivity index (χ1v) is 13.7. The molecule has 0 radical (unpaired) electrons. The number of nitrogens with two attached hydrogens (primary N) is 1. The summed E-state index contributed by atoms with van der Waals surface area (Å²) < 4.78 is 0. The first-order chi connectivity index (χ1) is 18.8. The summed E-state index contributed by atoms with van der Waals surface area (Å²) in [5.41, 5.74) is 2.70. The van der Waals surface area contributed by atoms with E-state index in [0.29, 0.717) is 22.7 Å². The van der Waals surface area contributed by atoms with Gasteiger partial charge in [0.1, 0.15) is 22.8 Å². The van der Waals surface area contributed by atoms with Crippen LogP contribution in [0.15, 0.2) is 23.0 Å². The third-order valence-corrected chi connectivity index (χ3v) is 9.56. The van der Waals surface area contributed by atoms with Gasteiger partial charge in [0.15, 0.2) is 11.4 Å². The van der Waals surface area contributed by atoms with Gasteiger partial charge in [0.05, 0.1) is 11.6 Å². The molecule has 1 heterocycles. The van der Waals surface area contributed by atoms with Gasteiger partial charge in [-0.2, -0.15) is 0 Å². The van der Waals surface area contributed by atoms with Crippen LogP contribution in [0.1, 0.15) is 36.0 Å². The van der Waals surface area contributed by atoms with Crippen molar-refractivity contribution in [3.05, 3.63) is 44.7 Å². The minimum atomic E-state index is -2.68. The summed E-state index contributed by atoms with van der Waals surface area (Å²) >= 11 is 6.84. The summed E-state index contributed by atoms with van der Waals surface area (Å²) in [4.78, 5) is 42.8. The van der Waals surface area contributed by atoms with Gasteiger partial charge in [-0.1, -0.05) is 11.6 Å². The van der Waals surface area contributed by atoms with Crippen molar-refractivity contribution in [2.24, 2.45) is 23.5 Å². The molecule has 1 aromatic rings. The van der Waals surface area contributed by atoms with Crippen LogP contribution >= 0.6 is 11.6 Å². The SMILES string of the molecule is CN(C)[C@@H]1C(=O)C(C(N)=O)=C(O)[C@@]2(O)C(=O)C3=C(O)c4c(O)cc(CN5CCC(CO)CC5)c(Cl)c4C[C@H]3C[C@@H]12. The number of phenolic OH excluding ortho intramolecular Hbond substituents is 1. The number of carbonyl (C=O) groups excluding carboxylic acids is 3. The van der Waals surface area contributed by atoms with Gasteiger partial charge in [-0.25, -0.2) is 0 Å². The van der Waals surface area contributed by atoms with Crippen molar-refractivity contribution < 1.29 is 39.9 Å². The van der Waals surface area contributed by atoms with Crippen molar-refractivity contribution in [1.29, 1.82) is 0 Å². The van der Waals surface area contributed by atoms with Crippen LogP contribution in [0.25, 0.3) is 5.76 Å². The monoisotopic (exact) mass is 575 g/mol. The van der Waals surface area contributed by atoms with Crippen molar-refractivity contribution in [2.45, 2.75) is 43.9 Å². The zero-order valence-electron chi connectivity index (χ0n) is 22.4. The number of rotatable bonds is 5. The van der Waals surface area contributed by atoms with E-state index in [9.17, 15) is 39.9 Å². The number of aromatic hydroxyl groups is 1. The van der Waals surface area contributed by atoms with Gasteiger partial charge >= 0.3 is 0 Å². The highest BCUT2D eigenvalue weighted by molar-refractivity contribution is 6.32. The number of primary amides is 1. The molecular weight excluding hydrogens is 542 g/mol. The molecule has 0 bridgehead atoms. The number of nitrogens with zero attached hydrogens (tertiary/aromatic N) is 2. The van der Waals surface area contributed by atoms with Gasteiger partial charge in [0, 0.05) is 29.7 Å². The fourth-order valence-corrected chi connectivity index (χ4v) is 7.32. The second-order valence-electron chi connectivity index (χ2n) is 11.6. The summed E-state index contributed by atoms with van der Waals surface area (Å²) in [6, 6.07) is 0.306. The van der Waals surface area contributed by atoms with Gasteiger partial charge in [-0.05, 0) is 81.9 Å². The highest BCUT2D eigenvalue weighted by atomic mass is 35.5. The van der Waals surface area contributed by atoms with E-state index in [0.717, 1.165) is 25.9 Å². The number of hydrogen-bond acceptors (Lipinski definition) is 10. The van der Waals surface area contributed by atoms with Crippen LogP contribution in [0.4, 0.5) is 0 Å². The minimum absolute atomic E-state index is 0.00174. The summed E-state index contributed by atoms with van der Waals surface area (Å²) in [5.74, 6) is -6.67. The first-order valence-electron chi connectivity index (χ1n) is 13.3. The van der Waals surface area contributed by atoms with E-state index in [-0.39, 0.29) is 42.3 Å². The maximum atomic E-state index is 13.9. The lowest BCUT2D eigenvalue weighted by molar-refractivity contribution is -0.153. The Bertz CT molecular complexity index is 1360. The predicted molar refractivity (Wildman–Crippen MR) is 144 cm³/mol. The maximum Gasteiger partial charge on any atom is 0.255 e. The summed E-state index contributed by atoms with van der Waals surface area (Å²) in [6.45, 7) is 2.12. The van der Waals surface area contributed by atoms with Gasteiger partial charge in [-0.15, -0.1) is 0 Å². The Kier molecular flexibility index (Phi) is 7.25. The average molecular weight is 576 g/mol. The van der Waals surface area contributed by atoms with E-state index in [2.05, 4.69) is 4.90 Å². The molecule has 2 fully saturated rings. The zero-order valence-corrected chi connectivity index (χ0v) is 23.1. The molecule has 1 amide bonds. The second-order valence-corrected chi connectivity index (χ2v) is 12.0. The second kappa shape index (κ2) is 10.1. The number of likely N-dealkylation sites (N-methyl/N-ethyl adjacent to an activating group) is 1. The molecule has 7 N–H and O–H groups in total. The van der Waals surface area contributed by atoms with Crippen LogP contribution in [0.3, 0.4) is 0 Å². The van der Waals surface area contributed by atoms with E-state index in [1.165, 1.54) is 11.0 Å². The molecule has 1 saturated carbocycles. The Morgan fingerprint density at radius 1 is 1.20 bits per heavy atom. The lowest BCUT2D eigenvalue weighted by Crippen LogP contribution is -2.65. The number of Topliss-reactive ketones (excluding diaryl/α,β-unsaturated/α-hetero) is 2. The third-order valence-electron chi connectivity index (χ3n) is 9.09. The lowest BCUT2D eigenvalue weighted by Gasteiger charge is -2.50. The van der Waals surface area contributed by atoms with Gasteiger partial charge in [0.2, 0.25) is 5.78 Å². The van der Waals surface area contributed by atoms with E-state index in [1.54, 1.807) is 14.1 Å². The zero-order chi connectivity index (χ0) is 29.3. The maximum absolute atomic E-state index is 13.9. The fraction of sp³-hybridized carbons (Fsp3) is 0.536. The number of likely N-dealkylation sites (tertiary alicyclic amines) is 1. The Morgan fingerprint density at radius 2 is 1.85 bits per heavy atom. The van der Waals surface area contributed by atoms with Crippen LogP contribution < -0.4 is 5.73 Å². The Labute approximate surface area is 236 Å². The Hall–Kier alpha value is -2.96. The van der Waals surface area contributed by atoms with Crippen LogP contribution in [0.2, 0.25) is 5.02 Å². The van der Waals surface area contributed by atoms with Crippen molar-refractivity contribution in [1.82, 2.24) is 9.80 Å². The quantitative estimate of drug-likeness (QED) is 0.275. The smallest absolute Gasteiger partial charge is 0.255 e. The van der Waals surface area contributed by atoms with Crippen LogP contribution in [-0.4, -0.2) is 98.2 Å². The van der Waals surface area contributed by atoms with Gasteiger partial charge < -0.3 is 31.3 Å². The molecule has 216 valence electrons. The molecule has 12 heteroatoms. The summed E-state index contributed by atoms with van der Waals surface area (Å²) in [7, 11) is 3.11. The number of carbonyl (C=O) groups is 3. The number of aliphatic hydroxyl groups excluding tert-OH is 3. The predicted octanol–water partition coefficient (Wildman–Crippen LogP) is 0.822. The molecule has 11 nitrogen and oxygen atoms in total. The summed E-state index contributed by atoms with van der Waals surface area (Å²) in [6.07, 6.45) is 1.83.